The Hall–Kier alpha value is -1.68. The molecule has 0 aliphatic rings. The first kappa shape index (κ1) is 11.8. The van der Waals surface area contributed by atoms with Gasteiger partial charge < -0.3 is 9.72 Å². The minimum atomic E-state index is 0.626. The Balaban J connectivity index is 2.49. The highest BCUT2D eigenvalue weighted by Gasteiger charge is 2.04. The lowest BCUT2D eigenvalue weighted by Crippen LogP contribution is -1.94. The molecule has 0 aliphatic carbocycles. The predicted octanol–water partition coefficient (Wildman–Crippen LogP) is 3.51. The van der Waals surface area contributed by atoms with Crippen LogP contribution < -0.4 is 4.74 Å². The fraction of sp³-hybridized carbons (Fsp3) is 0.231. The topological polar surface area (TPSA) is 37.9 Å². The van der Waals surface area contributed by atoms with Crippen molar-refractivity contribution in [1.29, 1.82) is 0 Å². The molecule has 2 aromatic rings. The monoisotopic (exact) mass is 246 g/mol. The summed E-state index contributed by atoms with van der Waals surface area (Å²) in [5.41, 5.74) is 3.03. The standard InChI is InChI=1S/C13H14N2OS/c1-3-16-11-6-4-5-10(7-11)12-9(2)13(17)15-8-14-12/h4-8H,3H2,1-2H3,(H,14,15,17). The zero-order chi connectivity index (χ0) is 12.3. The van der Waals surface area contributed by atoms with Gasteiger partial charge in [0.05, 0.1) is 18.6 Å². The van der Waals surface area contributed by atoms with Crippen LogP contribution in [0, 0.1) is 11.6 Å². The minimum Gasteiger partial charge on any atom is -0.494 e. The van der Waals surface area contributed by atoms with Crippen LogP contribution >= 0.6 is 12.2 Å². The lowest BCUT2D eigenvalue weighted by molar-refractivity contribution is 0.340. The lowest BCUT2D eigenvalue weighted by atomic mass is 10.1. The van der Waals surface area contributed by atoms with E-state index in [2.05, 4.69) is 9.97 Å². The molecule has 3 nitrogen and oxygen atoms in total. The van der Waals surface area contributed by atoms with Gasteiger partial charge in [0.1, 0.15) is 10.4 Å². The molecule has 1 heterocycles. The number of nitrogens with one attached hydrogen (secondary N) is 1. The van der Waals surface area contributed by atoms with E-state index >= 15 is 0 Å². The van der Waals surface area contributed by atoms with Gasteiger partial charge in [-0.3, -0.25) is 0 Å². The van der Waals surface area contributed by atoms with Gasteiger partial charge in [-0.05, 0) is 26.0 Å². The van der Waals surface area contributed by atoms with Crippen LogP contribution in [-0.4, -0.2) is 16.6 Å². The molecule has 1 aromatic heterocycles. The molecule has 1 N–H and O–H groups in total. The maximum Gasteiger partial charge on any atom is 0.132 e. The Bertz CT molecular complexity index is 578. The molecule has 1 aromatic carbocycles. The van der Waals surface area contributed by atoms with Crippen molar-refractivity contribution in [3.63, 3.8) is 0 Å². The van der Waals surface area contributed by atoms with Crippen LogP contribution in [0.2, 0.25) is 0 Å². The maximum absolute atomic E-state index is 5.48. The minimum absolute atomic E-state index is 0.626. The van der Waals surface area contributed by atoms with Gasteiger partial charge in [-0.15, -0.1) is 0 Å². The quantitative estimate of drug-likeness (QED) is 0.842. The summed E-state index contributed by atoms with van der Waals surface area (Å²) in [6.45, 7) is 4.60. The van der Waals surface area contributed by atoms with Crippen LogP contribution in [0.3, 0.4) is 0 Å². The van der Waals surface area contributed by atoms with Gasteiger partial charge in [0.25, 0.3) is 0 Å². The fourth-order valence-electron chi connectivity index (χ4n) is 1.68. The van der Waals surface area contributed by atoms with Gasteiger partial charge in [-0.1, -0.05) is 24.4 Å². The van der Waals surface area contributed by atoms with E-state index in [1.54, 1.807) is 6.33 Å². The lowest BCUT2D eigenvalue weighted by Gasteiger charge is -2.08. The van der Waals surface area contributed by atoms with Crippen LogP contribution in [0.5, 0.6) is 5.75 Å². The SMILES string of the molecule is CCOc1cccc(-c2[nH]cnc(=S)c2C)c1. The zero-order valence-electron chi connectivity index (χ0n) is 9.86. The Kier molecular flexibility index (Phi) is 3.54. The highest BCUT2D eigenvalue weighted by molar-refractivity contribution is 7.71. The maximum atomic E-state index is 5.48. The molecule has 0 amide bonds. The summed E-state index contributed by atoms with van der Waals surface area (Å²) < 4.78 is 6.11. The van der Waals surface area contributed by atoms with Crippen LogP contribution in [0.4, 0.5) is 0 Å². The molecule has 0 saturated heterocycles. The summed E-state index contributed by atoms with van der Waals surface area (Å²) in [7, 11) is 0. The Morgan fingerprint density at radius 2 is 2.24 bits per heavy atom. The first-order valence-electron chi connectivity index (χ1n) is 5.50. The summed E-state index contributed by atoms with van der Waals surface area (Å²) in [6, 6.07) is 7.93. The van der Waals surface area contributed by atoms with E-state index in [1.165, 1.54) is 0 Å². The van der Waals surface area contributed by atoms with E-state index in [0.717, 1.165) is 22.6 Å². The van der Waals surface area contributed by atoms with Gasteiger partial charge in [0.2, 0.25) is 0 Å². The number of benzene rings is 1. The number of hydrogen-bond acceptors (Lipinski definition) is 3. The van der Waals surface area contributed by atoms with Crippen molar-refractivity contribution in [1.82, 2.24) is 9.97 Å². The van der Waals surface area contributed by atoms with Crippen LogP contribution in [0.1, 0.15) is 12.5 Å². The van der Waals surface area contributed by atoms with Crippen molar-refractivity contribution in [2.24, 2.45) is 0 Å². The number of aromatic amines is 1. The highest BCUT2D eigenvalue weighted by Crippen LogP contribution is 2.24. The van der Waals surface area contributed by atoms with E-state index in [0.29, 0.717) is 11.2 Å². The second kappa shape index (κ2) is 5.10. The summed E-state index contributed by atoms with van der Waals surface area (Å²) in [6.07, 6.45) is 1.62. The first-order chi connectivity index (χ1) is 8.22. The van der Waals surface area contributed by atoms with Gasteiger partial charge in [-0.2, -0.15) is 0 Å². The third kappa shape index (κ3) is 2.53. The third-order valence-electron chi connectivity index (χ3n) is 2.52. The highest BCUT2D eigenvalue weighted by atomic mass is 32.1. The molecular weight excluding hydrogens is 232 g/mol. The van der Waals surface area contributed by atoms with Crippen LogP contribution in [-0.2, 0) is 0 Å². The fourth-order valence-corrected chi connectivity index (χ4v) is 1.83. The van der Waals surface area contributed by atoms with E-state index < -0.39 is 0 Å². The van der Waals surface area contributed by atoms with E-state index in [1.807, 2.05) is 38.1 Å². The number of hydrogen-bond donors (Lipinski definition) is 1. The van der Waals surface area contributed by atoms with Crippen LogP contribution in [0.25, 0.3) is 11.3 Å². The first-order valence-corrected chi connectivity index (χ1v) is 5.90. The van der Waals surface area contributed by atoms with Crippen molar-refractivity contribution in [3.8, 4) is 17.0 Å². The van der Waals surface area contributed by atoms with Crippen molar-refractivity contribution in [2.75, 3.05) is 6.61 Å². The second-order valence-electron chi connectivity index (χ2n) is 3.67. The van der Waals surface area contributed by atoms with Gasteiger partial charge >= 0.3 is 0 Å². The number of aromatic nitrogens is 2. The molecule has 0 bridgehead atoms. The van der Waals surface area contributed by atoms with Gasteiger partial charge in [0.15, 0.2) is 0 Å². The molecule has 0 atom stereocenters. The Labute approximate surface area is 105 Å². The number of ether oxygens (including phenoxy) is 1. The molecule has 0 fully saturated rings. The summed E-state index contributed by atoms with van der Waals surface area (Å²) >= 11 is 5.16. The van der Waals surface area contributed by atoms with E-state index in [4.69, 9.17) is 17.0 Å². The number of H-pyrrole nitrogens is 1. The smallest absolute Gasteiger partial charge is 0.132 e. The molecule has 88 valence electrons. The molecule has 0 aliphatic heterocycles. The van der Waals surface area contributed by atoms with Crippen molar-refractivity contribution in [2.45, 2.75) is 13.8 Å². The summed E-state index contributed by atoms with van der Waals surface area (Å²) in [5, 5.41) is 0. The molecular formula is C13H14N2OS. The molecule has 0 saturated carbocycles. The molecule has 4 heteroatoms. The van der Waals surface area contributed by atoms with Gasteiger partial charge in [-0.25, -0.2) is 4.98 Å². The average Bonchev–Trinajstić information content (AvgIpc) is 2.33. The van der Waals surface area contributed by atoms with Crippen LogP contribution in [0.15, 0.2) is 30.6 Å². The largest absolute Gasteiger partial charge is 0.494 e. The molecule has 0 unspecified atom stereocenters. The van der Waals surface area contributed by atoms with Crippen molar-refractivity contribution < 1.29 is 4.74 Å². The average molecular weight is 246 g/mol. The normalized spacial score (nSPS) is 10.2. The Morgan fingerprint density at radius 1 is 1.41 bits per heavy atom. The zero-order valence-corrected chi connectivity index (χ0v) is 10.7. The van der Waals surface area contributed by atoms with E-state index in [-0.39, 0.29) is 0 Å². The molecule has 2 rings (SSSR count). The third-order valence-corrected chi connectivity index (χ3v) is 2.93. The second-order valence-corrected chi connectivity index (χ2v) is 4.06. The number of rotatable bonds is 3. The predicted molar refractivity (Wildman–Crippen MR) is 70.8 cm³/mol. The summed E-state index contributed by atoms with van der Waals surface area (Å²) in [4.78, 5) is 7.18. The number of nitrogens with zero attached hydrogens (tertiary/aromatic N) is 1. The van der Waals surface area contributed by atoms with Crippen molar-refractivity contribution >= 4 is 12.2 Å². The van der Waals surface area contributed by atoms with Crippen molar-refractivity contribution in [3.05, 3.63) is 40.8 Å². The summed E-state index contributed by atoms with van der Waals surface area (Å²) in [5.74, 6) is 0.862. The molecule has 0 spiro atoms. The van der Waals surface area contributed by atoms with Gasteiger partial charge in [0, 0.05) is 11.1 Å². The molecule has 17 heavy (non-hydrogen) atoms. The van der Waals surface area contributed by atoms with E-state index in [9.17, 15) is 0 Å². The molecule has 0 radical (unpaired) electrons. The Morgan fingerprint density at radius 3 is 3.00 bits per heavy atom.